The van der Waals surface area contributed by atoms with Crippen molar-refractivity contribution in [3.05, 3.63) is 0 Å². The number of rotatable bonds is 5. The fourth-order valence-corrected chi connectivity index (χ4v) is 2.59. The molecule has 1 aliphatic heterocycles. The lowest BCUT2D eigenvalue weighted by molar-refractivity contribution is -0.179. The highest BCUT2D eigenvalue weighted by molar-refractivity contribution is 5.66. The summed E-state index contributed by atoms with van der Waals surface area (Å²) in [6.07, 6.45) is 4.94. The molecule has 5 nitrogen and oxygen atoms in total. The quantitative estimate of drug-likeness (QED) is 0.708. The summed E-state index contributed by atoms with van der Waals surface area (Å²) in [5.41, 5.74) is 0. The Bertz CT molecular complexity index is 253. The summed E-state index contributed by atoms with van der Waals surface area (Å²) in [6, 6.07) is 0.488. The number of aliphatic carboxylic acids is 1. The van der Waals surface area contributed by atoms with Crippen molar-refractivity contribution < 1.29 is 19.4 Å². The maximum Gasteiger partial charge on any atom is 0.303 e. The van der Waals surface area contributed by atoms with E-state index in [1.165, 1.54) is 0 Å². The predicted molar refractivity (Wildman–Crippen MR) is 61.8 cm³/mol. The number of hydrogen-bond acceptors (Lipinski definition) is 4. The summed E-state index contributed by atoms with van der Waals surface area (Å²) < 4.78 is 11.3. The van der Waals surface area contributed by atoms with Crippen LogP contribution in [0.5, 0.6) is 0 Å². The summed E-state index contributed by atoms with van der Waals surface area (Å²) in [4.78, 5) is 10.4. The van der Waals surface area contributed by atoms with Crippen LogP contribution >= 0.6 is 0 Å². The lowest BCUT2D eigenvalue weighted by Gasteiger charge is -2.35. The summed E-state index contributed by atoms with van der Waals surface area (Å²) >= 11 is 0. The molecular formula is C12H21NO4. The van der Waals surface area contributed by atoms with Gasteiger partial charge in [0, 0.05) is 25.3 Å². The third-order valence-electron chi connectivity index (χ3n) is 3.56. The first-order chi connectivity index (χ1) is 8.20. The molecule has 1 spiro atoms. The Morgan fingerprint density at radius 1 is 1.29 bits per heavy atom. The summed E-state index contributed by atoms with van der Waals surface area (Å²) in [6.45, 7) is 2.22. The molecule has 1 aliphatic carbocycles. The van der Waals surface area contributed by atoms with E-state index in [1.807, 2.05) is 0 Å². The van der Waals surface area contributed by atoms with E-state index in [1.54, 1.807) is 0 Å². The second kappa shape index (κ2) is 5.80. The minimum absolute atomic E-state index is 0.246. The molecule has 2 fully saturated rings. The lowest BCUT2D eigenvalue weighted by atomic mass is 9.90. The zero-order valence-electron chi connectivity index (χ0n) is 10.1. The average molecular weight is 243 g/mol. The minimum atomic E-state index is -0.720. The predicted octanol–water partition coefficient (Wildman–Crippen LogP) is 1.13. The van der Waals surface area contributed by atoms with Crippen LogP contribution in [0.4, 0.5) is 0 Å². The highest BCUT2D eigenvalue weighted by Crippen LogP contribution is 2.35. The van der Waals surface area contributed by atoms with Crippen LogP contribution in [0.25, 0.3) is 0 Å². The number of carboxylic acids is 1. The Morgan fingerprint density at radius 2 is 1.94 bits per heavy atom. The van der Waals surface area contributed by atoms with E-state index in [9.17, 15) is 4.79 Å². The van der Waals surface area contributed by atoms with Gasteiger partial charge < -0.3 is 19.9 Å². The molecule has 0 aromatic rings. The highest BCUT2D eigenvalue weighted by Gasteiger charge is 2.39. The van der Waals surface area contributed by atoms with Crippen LogP contribution in [0.3, 0.4) is 0 Å². The Balaban J connectivity index is 1.60. The standard InChI is InChI=1S/C12H21NO4/c14-11(15)2-1-7-13-10-3-5-12(6-4-10)16-8-9-17-12/h10,13H,1-9H2,(H,14,15). The third kappa shape index (κ3) is 3.66. The molecule has 0 atom stereocenters. The van der Waals surface area contributed by atoms with Gasteiger partial charge in [-0.25, -0.2) is 0 Å². The van der Waals surface area contributed by atoms with Gasteiger partial charge in [-0.1, -0.05) is 0 Å². The first kappa shape index (κ1) is 12.8. The van der Waals surface area contributed by atoms with Gasteiger partial charge in [-0.2, -0.15) is 0 Å². The molecule has 1 saturated heterocycles. The van der Waals surface area contributed by atoms with Crippen molar-refractivity contribution in [2.45, 2.75) is 50.4 Å². The first-order valence-corrected chi connectivity index (χ1v) is 6.43. The number of ether oxygens (including phenoxy) is 2. The number of carboxylic acid groups (broad SMARTS) is 1. The molecular weight excluding hydrogens is 222 g/mol. The van der Waals surface area contributed by atoms with Gasteiger partial charge >= 0.3 is 5.97 Å². The molecule has 98 valence electrons. The molecule has 2 rings (SSSR count). The third-order valence-corrected chi connectivity index (χ3v) is 3.56. The highest BCUT2D eigenvalue weighted by atomic mass is 16.7. The molecule has 5 heteroatoms. The Hall–Kier alpha value is -0.650. The molecule has 1 saturated carbocycles. The molecule has 0 radical (unpaired) electrons. The van der Waals surface area contributed by atoms with Crippen molar-refractivity contribution in [3.63, 3.8) is 0 Å². The van der Waals surface area contributed by atoms with Gasteiger partial charge in [0.15, 0.2) is 5.79 Å². The maximum atomic E-state index is 10.4. The van der Waals surface area contributed by atoms with E-state index in [0.29, 0.717) is 12.5 Å². The van der Waals surface area contributed by atoms with Crippen molar-refractivity contribution in [2.75, 3.05) is 19.8 Å². The van der Waals surface area contributed by atoms with E-state index in [4.69, 9.17) is 14.6 Å². The van der Waals surface area contributed by atoms with Gasteiger partial charge in [0.05, 0.1) is 13.2 Å². The van der Waals surface area contributed by atoms with Crippen LogP contribution in [0.2, 0.25) is 0 Å². The number of hydrogen-bond donors (Lipinski definition) is 2. The van der Waals surface area contributed by atoms with Crippen molar-refractivity contribution in [2.24, 2.45) is 0 Å². The summed E-state index contributed by atoms with van der Waals surface area (Å²) in [5.74, 6) is -1.01. The zero-order chi connectivity index (χ0) is 12.1. The van der Waals surface area contributed by atoms with E-state index in [0.717, 1.165) is 45.4 Å². The topological polar surface area (TPSA) is 67.8 Å². The molecule has 0 bridgehead atoms. The summed E-state index contributed by atoms with van der Waals surface area (Å²) in [7, 11) is 0. The Labute approximate surface area is 101 Å². The normalized spacial score (nSPS) is 24.2. The second-order valence-corrected chi connectivity index (χ2v) is 4.83. The fraction of sp³-hybridized carbons (Fsp3) is 0.917. The van der Waals surface area contributed by atoms with Gasteiger partial charge in [0.25, 0.3) is 0 Å². The molecule has 1 heterocycles. The second-order valence-electron chi connectivity index (χ2n) is 4.83. The Morgan fingerprint density at radius 3 is 2.53 bits per heavy atom. The van der Waals surface area contributed by atoms with E-state index in [2.05, 4.69) is 5.32 Å². The fourth-order valence-electron chi connectivity index (χ4n) is 2.59. The maximum absolute atomic E-state index is 10.4. The van der Waals surface area contributed by atoms with Crippen LogP contribution in [-0.4, -0.2) is 42.7 Å². The van der Waals surface area contributed by atoms with Gasteiger partial charge in [-0.15, -0.1) is 0 Å². The Kier molecular flexibility index (Phi) is 4.36. The minimum Gasteiger partial charge on any atom is -0.481 e. The van der Waals surface area contributed by atoms with Crippen molar-refractivity contribution >= 4 is 5.97 Å². The van der Waals surface area contributed by atoms with Crippen molar-refractivity contribution in [3.8, 4) is 0 Å². The number of nitrogens with one attached hydrogen (secondary N) is 1. The van der Waals surface area contributed by atoms with Crippen molar-refractivity contribution in [1.82, 2.24) is 5.32 Å². The molecule has 0 aromatic carbocycles. The van der Waals surface area contributed by atoms with Crippen LogP contribution < -0.4 is 5.32 Å². The van der Waals surface area contributed by atoms with Crippen LogP contribution in [0.15, 0.2) is 0 Å². The molecule has 2 N–H and O–H groups in total. The van der Waals surface area contributed by atoms with Crippen LogP contribution in [0.1, 0.15) is 38.5 Å². The molecule has 0 amide bonds. The van der Waals surface area contributed by atoms with Crippen LogP contribution in [-0.2, 0) is 14.3 Å². The zero-order valence-corrected chi connectivity index (χ0v) is 10.1. The molecule has 0 aromatic heterocycles. The van der Waals surface area contributed by atoms with Gasteiger partial charge in [0.2, 0.25) is 0 Å². The van der Waals surface area contributed by atoms with Gasteiger partial charge in [-0.3, -0.25) is 4.79 Å². The number of carbonyl (C=O) groups is 1. The largest absolute Gasteiger partial charge is 0.481 e. The van der Waals surface area contributed by atoms with Gasteiger partial charge in [0.1, 0.15) is 0 Å². The first-order valence-electron chi connectivity index (χ1n) is 6.43. The average Bonchev–Trinajstić information content (AvgIpc) is 2.75. The van der Waals surface area contributed by atoms with Gasteiger partial charge in [-0.05, 0) is 25.8 Å². The van der Waals surface area contributed by atoms with E-state index < -0.39 is 5.97 Å². The smallest absolute Gasteiger partial charge is 0.303 e. The molecule has 17 heavy (non-hydrogen) atoms. The lowest BCUT2D eigenvalue weighted by Crippen LogP contribution is -2.42. The van der Waals surface area contributed by atoms with E-state index in [-0.39, 0.29) is 12.2 Å². The SMILES string of the molecule is O=C(O)CCCNC1CCC2(CC1)OCCO2. The van der Waals surface area contributed by atoms with Crippen LogP contribution in [0, 0.1) is 0 Å². The molecule has 0 unspecified atom stereocenters. The molecule has 2 aliphatic rings. The summed E-state index contributed by atoms with van der Waals surface area (Å²) in [5, 5.41) is 11.9. The monoisotopic (exact) mass is 243 g/mol. The van der Waals surface area contributed by atoms with E-state index >= 15 is 0 Å². The van der Waals surface area contributed by atoms with Crippen molar-refractivity contribution in [1.29, 1.82) is 0 Å².